The van der Waals surface area contributed by atoms with E-state index in [2.05, 4.69) is 10.0 Å². The molecule has 0 radical (unpaired) electrons. The minimum Gasteiger partial charge on any atom is -0.491 e. The van der Waals surface area contributed by atoms with Crippen molar-refractivity contribution in [2.24, 2.45) is 0 Å². The van der Waals surface area contributed by atoms with Crippen molar-refractivity contribution >= 4 is 33.2 Å². The summed E-state index contributed by atoms with van der Waals surface area (Å²) in [5, 5.41) is 3.02. The Balaban J connectivity index is 2.02. The van der Waals surface area contributed by atoms with Crippen molar-refractivity contribution in [3.63, 3.8) is 0 Å². The van der Waals surface area contributed by atoms with E-state index in [1.54, 1.807) is 0 Å². The Hall–Kier alpha value is -2.25. The zero-order chi connectivity index (χ0) is 19.3. The first-order chi connectivity index (χ1) is 12.2. The predicted octanol–water partition coefficient (Wildman–Crippen LogP) is 3.22. The molecule has 8 heteroatoms. The second kappa shape index (κ2) is 8.42. The number of hydrogen-bond donors (Lipinski definition) is 2. The summed E-state index contributed by atoms with van der Waals surface area (Å²) in [5.74, 6) is 0.346. The lowest BCUT2D eigenvalue weighted by Gasteiger charge is -2.17. The first-order valence-electron chi connectivity index (χ1n) is 7.92. The van der Waals surface area contributed by atoms with Gasteiger partial charge < -0.3 is 10.1 Å². The van der Waals surface area contributed by atoms with Crippen LogP contribution in [0.25, 0.3) is 0 Å². The molecular formula is C18H21ClN2O4S. The van der Waals surface area contributed by atoms with Crippen LogP contribution in [0.3, 0.4) is 0 Å². The van der Waals surface area contributed by atoms with Gasteiger partial charge in [0.05, 0.1) is 22.9 Å². The third kappa shape index (κ3) is 5.93. The van der Waals surface area contributed by atoms with Gasteiger partial charge in [0.2, 0.25) is 10.0 Å². The molecule has 0 bridgehead atoms. The highest BCUT2D eigenvalue weighted by Gasteiger charge is 2.15. The van der Waals surface area contributed by atoms with Gasteiger partial charge in [-0.15, -0.1) is 0 Å². The number of benzene rings is 2. The molecule has 6 nitrogen and oxygen atoms in total. The van der Waals surface area contributed by atoms with Crippen LogP contribution in [0.15, 0.2) is 42.5 Å². The monoisotopic (exact) mass is 396 g/mol. The van der Waals surface area contributed by atoms with Gasteiger partial charge >= 0.3 is 0 Å². The summed E-state index contributed by atoms with van der Waals surface area (Å²) in [4.78, 5) is 12.4. The smallest absolute Gasteiger partial charge is 0.253 e. The normalized spacial score (nSPS) is 12.3. The number of carbonyl (C=O) groups excluding carboxylic acids is 1. The number of amides is 1. The molecule has 2 rings (SSSR count). The Labute approximate surface area is 158 Å². The topological polar surface area (TPSA) is 84.5 Å². The van der Waals surface area contributed by atoms with Crippen LogP contribution in [0, 0.1) is 6.92 Å². The van der Waals surface area contributed by atoms with Crippen LogP contribution < -0.4 is 14.8 Å². The average Bonchev–Trinajstić information content (AvgIpc) is 2.54. The van der Waals surface area contributed by atoms with Gasteiger partial charge in [-0.2, -0.15) is 0 Å². The summed E-state index contributed by atoms with van der Waals surface area (Å²) in [7, 11) is -3.44. The summed E-state index contributed by atoms with van der Waals surface area (Å²) in [6, 6.07) is 11.7. The van der Waals surface area contributed by atoms with E-state index in [4.69, 9.17) is 16.3 Å². The zero-order valence-electron chi connectivity index (χ0n) is 14.7. The third-order valence-corrected chi connectivity index (χ3v) is 4.41. The Morgan fingerprint density at radius 1 is 1.23 bits per heavy atom. The average molecular weight is 397 g/mol. The van der Waals surface area contributed by atoms with Gasteiger partial charge in [0.25, 0.3) is 5.91 Å². The fourth-order valence-electron chi connectivity index (χ4n) is 2.25. The van der Waals surface area contributed by atoms with Gasteiger partial charge in [-0.25, -0.2) is 8.42 Å². The van der Waals surface area contributed by atoms with Crippen LogP contribution >= 0.6 is 11.6 Å². The molecule has 140 valence electrons. The van der Waals surface area contributed by atoms with E-state index < -0.39 is 15.9 Å². The molecule has 2 aromatic rings. The van der Waals surface area contributed by atoms with E-state index in [0.717, 1.165) is 17.6 Å². The van der Waals surface area contributed by atoms with Gasteiger partial charge in [0, 0.05) is 5.69 Å². The molecule has 1 amide bonds. The number of rotatable bonds is 7. The molecule has 1 unspecified atom stereocenters. The number of hydrogen-bond acceptors (Lipinski definition) is 4. The molecule has 1 atom stereocenters. The predicted molar refractivity (Wildman–Crippen MR) is 104 cm³/mol. The van der Waals surface area contributed by atoms with Gasteiger partial charge in [-0.05, 0) is 43.7 Å². The van der Waals surface area contributed by atoms with E-state index >= 15 is 0 Å². The van der Waals surface area contributed by atoms with Crippen molar-refractivity contribution in [2.75, 3.05) is 17.6 Å². The van der Waals surface area contributed by atoms with Crippen LogP contribution in [-0.4, -0.2) is 33.2 Å². The van der Waals surface area contributed by atoms with Crippen molar-refractivity contribution in [3.8, 4) is 5.75 Å². The Bertz CT molecular complexity index is 900. The number of para-hydroxylation sites is 1. The molecule has 0 fully saturated rings. The zero-order valence-corrected chi connectivity index (χ0v) is 16.3. The lowest BCUT2D eigenvalue weighted by Crippen LogP contribution is -2.37. The number of nitrogens with one attached hydrogen (secondary N) is 2. The largest absolute Gasteiger partial charge is 0.491 e. The SMILES string of the molecule is Cc1ccccc1OCC(C)NC(=O)c1cc(NS(C)(=O)=O)ccc1Cl. The van der Waals surface area contributed by atoms with Crippen LogP contribution in [0.2, 0.25) is 5.02 Å². The number of anilines is 1. The summed E-state index contributed by atoms with van der Waals surface area (Å²) in [6.07, 6.45) is 1.03. The number of halogens is 1. The van der Waals surface area contributed by atoms with E-state index in [1.165, 1.54) is 18.2 Å². The standard InChI is InChI=1S/C18H21ClN2O4S/c1-12-6-4-5-7-17(12)25-11-13(2)20-18(22)15-10-14(8-9-16(15)19)21-26(3,23)24/h4-10,13,21H,11H2,1-3H3,(H,20,22). The van der Waals surface area contributed by atoms with Crippen molar-refractivity contribution in [1.82, 2.24) is 5.32 Å². The maximum atomic E-state index is 12.4. The van der Waals surface area contributed by atoms with E-state index in [-0.39, 0.29) is 28.9 Å². The van der Waals surface area contributed by atoms with Crippen LogP contribution in [-0.2, 0) is 10.0 Å². The second-order valence-corrected chi connectivity index (χ2v) is 8.18. The maximum Gasteiger partial charge on any atom is 0.253 e. The highest BCUT2D eigenvalue weighted by molar-refractivity contribution is 7.92. The van der Waals surface area contributed by atoms with Gasteiger partial charge in [-0.1, -0.05) is 29.8 Å². The van der Waals surface area contributed by atoms with Crippen LogP contribution in [0.4, 0.5) is 5.69 Å². The minimum atomic E-state index is -3.44. The summed E-state index contributed by atoms with van der Waals surface area (Å²) in [6.45, 7) is 4.04. The summed E-state index contributed by atoms with van der Waals surface area (Å²) >= 11 is 6.07. The highest BCUT2D eigenvalue weighted by atomic mass is 35.5. The number of ether oxygens (including phenoxy) is 1. The molecule has 0 heterocycles. The number of aryl methyl sites for hydroxylation is 1. The molecule has 0 aliphatic rings. The summed E-state index contributed by atoms with van der Waals surface area (Å²) in [5.41, 5.74) is 1.46. The van der Waals surface area contributed by atoms with Gasteiger partial charge in [0.1, 0.15) is 12.4 Å². The lowest BCUT2D eigenvalue weighted by molar-refractivity contribution is 0.0927. The summed E-state index contributed by atoms with van der Waals surface area (Å²) < 4.78 is 30.7. The van der Waals surface area contributed by atoms with Crippen LogP contribution in [0.5, 0.6) is 5.75 Å². The molecule has 2 aromatic carbocycles. The van der Waals surface area contributed by atoms with Crippen molar-refractivity contribution in [3.05, 3.63) is 58.6 Å². The number of sulfonamides is 1. The van der Waals surface area contributed by atoms with Crippen molar-refractivity contribution in [1.29, 1.82) is 0 Å². The third-order valence-electron chi connectivity index (χ3n) is 3.47. The molecule has 2 N–H and O–H groups in total. The Morgan fingerprint density at radius 3 is 2.58 bits per heavy atom. The Kier molecular flexibility index (Phi) is 6.50. The molecule has 0 aromatic heterocycles. The van der Waals surface area contributed by atoms with Gasteiger partial charge in [-0.3, -0.25) is 9.52 Å². The Morgan fingerprint density at radius 2 is 1.92 bits per heavy atom. The van der Waals surface area contributed by atoms with E-state index in [0.29, 0.717) is 0 Å². The van der Waals surface area contributed by atoms with Crippen LogP contribution in [0.1, 0.15) is 22.8 Å². The lowest BCUT2D eigenvalue weighted by atomic mass is 10.1. The first kappa shape index (κ1) is 20.1. The van der Waals surface area contributed by atoms with Gasteiger partial charge in [0.15, 0.2) is 0 Å². The second-order valence-electron chi connectivity index (χ2n) is 6.02. The number of carbonyl (C=O) groups is 1. The molecule has 0 aliphatic carbocycles. The first-order valence-corrected chi connectivity index (χ1v) is 10.2. The van der Waals surface area contributed by atoms with E-state index in [9.17, 15) is 13.2 Å². The molecule has 0 saturated carbocycles. The highest BCUT2D eigenvalue weighted by Crippen LogP contribution is 2.21. The van der Waals surface area contributed by atoms with Crippen molar-refractivity contribution in [2.45, 2.75) is 19.9 Å². The fourth-order valence-corrected chi connectivity index (χ4v) is 3.01. The minimum absolute atomic E-state index is 0.183. The van der Waals surface area contributed by atoms with E-state index in [1.807, 2.05) is 38.1 Å². The molecule has 26 heavy (non-hydrogen) atoms. The molecular weight excluding hydrogens is 376 g/mol. The molecule has 0 spiro atoms. The fraction of sp³-hybridized carbons (Fsp3) is 0.278. The molecule has 0 aliphatic heterocycles. The van der Waals surface area contributed by atoms with Crippen molar-refractivity contribution < 1.29 is 17.9 Å². The molecule has 0 saturated heterocycles. The quantitative estimate of drug-likeness (QED) is 0.752. The maximum absolute atomic E-state index is 12.4.